The van der Waals surface area contributed by atoms with E-state index < -0.39 is 135 Å². The molecule has 1 saturated carbocycles. The third kappa shape index (κ3) is 9.57. The van der Waals surface area contributed by atoms with Crippen molar-refractivity contribution in [3.63, 3.8) is 0 Å². The molecule has 48 heavy (non-hydrogen) atoms. The molecule has 1 aliphatic carbocycles. The van der Waals surface area contributed by atoms with E-state index in [0.29, 0.717) is 0 Å². The number of carbonyl (C=O) groups excluding carboxylic acids is 1. The largest absolute Gasteiger partial charge is 0.394 e. The first kappa shape index (κ1) is 41.2. The molecule has 3 rings (SSSR count). The third-order valence-electron chi connectivity index (χ3n) is 8.99. The van der Waals surface area contributed by atoms with Crippen LogP contribution in [-0.4, -0.2) is 188 Å². The molecule has 21 heteroatoms. The van der Waals surface area contributed by atoms with Gasteiger partial charge in [0.2, 0.25) is 0 Å². The number of halogens is 2. The maximum atomic E-state index is 14.1. The Kier molecular flexibility index (Phi) is 15.3. The van der Waals surface area contributed by atoms with E-state index in [-0.39, 0.29) is 32.5 Å². The lowest BCUT2D eigenvalue weighted by Crippen LogP contribution is -2.67. The molecule has 0 amide bonds. The average molecular weight is 708 g/mol. The van der Waals surface area contributed by atoms with Crippen LogP contribution in [0.4, 0.5) is 8.78 Å². The number of alkyl halides is 2. The number of rotatable bonds is 16. The van der Waals surface area contributed by atoms with E-state index in [0.717, 1.165) is 0 Å². The number of aliphatic hydroxyl groups is 9. The van der Waals surface area contributed by atoms with Crippen LogP contribution in [0, 0.1) is 5.92 Å². The molecule has 0 aromatic carbocycles. The Hall–Kier alpha value is -1.19. The Balaban J connectivity index is 1.84. The lowest BCUT2D eigenvalue weighted by molar-refractivity contribution is -0.335. The molecule has 17 atom stereocenters. The molecule has 282 valence electrons. The zero-order chi connectivity index (χ0) is 36.1. The maximum Gasteiger partial charge on any atom is 0.292 e. The van der Waals surface area contributed by atoms with Crippen LogP contribution in [0.25, 0.3) is 0 Å². The van der Waals surface area contributed by atoms with Crippen LogP contribution < -0.4 is 28.3 Å². The van der Waals surface area contributed by atoms with Crippen molar-refractivity contribution >= 4 is 5.78 Å². The first-order valence-corrected chi connectivity index (χ1v) is 15.7. The smallest absolute Gasteiger partial charge is 0.292 e. The summed E-state index contributed by atoms with van der Waals surface area (Å²) in [5, 5.41) is 96.3. The molecule has 0 aromatic rings. The molecule has 0 radical (unpaired) electrons. The molecule has 0 bridgehead atoms. The zero-order valence-electron chi connectivity index (χ0n) is 26.1. The van der Waals surface area contributed by atoms with E-state index in [1.165, 1.54) is 0 Å². The summed E-state index contributed by atoms with van der Waals surface area (Å²) in [6, 6.07) is -2.64. The number of Topliss-reactive ketones (excluding diaryl/α,β-unsaturated/α-hetero) is 1. The molecule has 0 spiro atoms. The fourth-order valence-electron chi connectivity index (χ4n) is 6.05. The molecular formula is C27H51F2N5O14. The predicted octanol–water partition coefficient (Wildman–Crippen LogP) is -7.75. The molecule has 3 fully saturated rings. The van der Waals surface area contributed by atoms with Gasteiger partial charge in [0.1, 0.15) is 54.9 Å². The molecule has 19 nitrogen and oxygen atoms in total. The number of carbonyl (C=O) groups is 1. The van der Waals surface area contributed by atoms with E-state index in [9.17, 15) is 59.5 Å². The van der Waals surface area contributed by atoms with Gasteiger partial charge in [-0.2, -0.15) is 0 Å². The Bertz CT molecular complexity index is 1010. The molecule has 3 unspecified atom stereocenters. The van der Waals surface area contributed by atoms with Gasteiger partial charge in [-0.15, -0.1) is 0 Å². The van der Waals surface area contributed by atoms with Gasteiger partial charge in [0.05, 0.1) is 31.4 Å². The molecule has 18 N–H and O–H groups in total. The Morgan fingerprint density at radius 1 is 0.875 bits per heavy atom. The van der Waals surface area contributed by atoms with Crippen LogP contribution in [0.1, 0.15) is 19.3 Å². The quantitative estimate of drug-likeness (QED) is 0.0708. The van der Waals surface area contributed by atoms with Crippen molar-refractivity contribution in [3.05, 3.63) is 0 Å². The molecular weight excluding hydrogens is 656 g/mol. The molecule has 2 heterocycles. The number of aliphatic hydroxyl groups excluding tert-OH is 9. The summed E-state index contributed by atoms with van der Waals surface area (Å²) in [4.78, 5) is 12.7. The summed E-state index contributed by atoms with van der Waals surface area (Å²) in [7, 11) is 0. The van der Waals surface area contributed by atoms with E-state index in [1.807, 2.05) is 0 Å². The SMILES string of the molecule is NCCC(O)CNC[C@H]1O[C@H](OC2[C@@H](N)C[C@@H](CC(=O)C(O)C(F)(F)CN)[C@H](O[C@H]3O[C@H](CO)[C@@H](O)[C@H](N)[C@H]3O)[C@H]2O)[C@H](O)[C@@H](O)[C@@H]1O. The predicted molar refractivity (Wildman–Crippen MR) is 156 cm³/mol. The van der Waals surface area contributed by atoms with Gasteiger partial charge in [-0.3, -0.25) is 4.79 Å². The zero-order valence-corrected chi connectivity index (χ0v) is 26.1. The monoisotopic (exact) mass is 707 g/mol. The summed E-state index contributed by atoms with van der Waals surface area (Å²) in [6.45, 7) is -1.97. The van der Waals surface area contributed by atoms with Gasteiger partial charge < -0.3 is 93.2 Å². The number of ketones is 1. The number of nitrogens with one attached hydrogen (secondary N) is 1. The van der Waals surface area contributed by atoms with Gasteiger partial charge in [-0.1, -0.05) is 0 Å². The number of hydrogen-bond donors (Lipinski definition) is 14. The minimum Gasteiger partial charge on any atom is -0.394 e. The normalized spacial score (nSPS) is 42.4. The number of nitrogens with two attached hydrogens (primary N) is 4. The summed E-state index contributed by atoms with van der Waals surface area (Å²) in [5.74, 6) is -6.59. The summed E-state index contributed by atoms with van der Waals surface area (Å²) >= 11 is 0. The Morgan fingerprint density at radius 2 is 1.48 bits per heavy atom. The van der Waals surface area contributed by atoms with Crippen molar-refractivity contribution < 1.29 is 78.5 Å². The van der Waals surface area contributed by atoms with Gasteiger partial charge in [0.25, 0.3) is 5.92 Å². The second-order valence-corrected chi connectivity index (χ2v) is 12.6. The van der Waals surface area contributed by atoms with Crippen LogP contribution in [0.5, 0.6) is 0 Å². The van der Waals surface area contributed by atoms with E-state index in [1.54, 1.807) is 0 Å². The van der Waals surface area contributed by atoms with Crippen molar-refractivity contribution in [2.45, 2.75) is 123 Å². The Morgan fingerprint density at radius 3 is 2.08 bits per heavy atom. The van der Waals surface area contributed by atoms with Gasteiger partial charge in [-0.25, -0.2) is 8.78 Å². The number of hydrogen-bond acceptors (Lipinski definition) is 19. The highest BCUT2D eigenvalue weighted by Crippen LogP contribution is 2.37. The van der Waals surface area contributed by atoms with Crippen molar-refractivity contribution in [2.75, 3.05) is 32.8 Å². The summed E-state index contributed by atoms with van der Waals surface area (Å²) in [5.41, 5.74) is 22.5. The standard InChI is InChI=1S/C27H51F2N5O14/c28-27(29,8-31)24(44)12(37)4-9-3-11(32)23(21(43)22(9)47-25-18(40)15(33)16(38)14(7-35)46-25)48-26-20(42)19(41)17(39)13(45-26)6-34-5-10(36)1-2-30/h9-11,13-26,34-36,38-44H,1-8,30-33H2/t9-,10?,11-,13+,14+,15-,16+,17+,18+,19-,20+,21+,22-,23?,24?,25+,26+/m0/s1. The molecule has 0 aromatic heterocycles. The summed E-state index contributed by atoms with van der Waals surface area (Å²) in [6.07, 6.45) is -24.2. The van der Waals surface area contributed by atoms with Gasteiger partial charge in [-0.05, 0) is 25.3 Å². The van der Waals surface area contributed by atoms with E-state index in [4.69, 9.17) is 41.9 Å². The highest BCUT2D eigenvalue weighted by molar-refractivity contribution is 5.84. The fourth-order valence-corrected chi connectivity index (χ4v) is 6.05. The van der Waals surface area contributed by atoms with Crippen molar-refractivity contribution in [1.82, 2.24) is 5.32 Å². The van der Waals surface area contributed by atoms with Crippen LogP contribution >= 0.6 is 0 Å². The number of ether oxygens (including phenoxy) is 4. The van der Waals surface area contributed by atoms with E-state index in [2.05, 4.69) is 5.32 Å². The van der Waals surface area contributed by atoms with Gasteiger partial charge in [0, 0.05) is 25.6 Å². The molecule has 2 aliphatic heterocycles. The Labute approximate surface area is 274 Å². The van der Waals surface area contributed by atoms with Crippen LogP contribution in [0.3, 0.4) is 0 Å². The second-order valence-electron chi connectivity index (χ2n) is 12.6. The van der Waals surface area contributed by atoms with Crippen LogP contribution in [0.15, 0.2) is 0 Å². The van der Waals surface area contributed by atoms with Crippen LogP contribution in [-0.2, 0) is 23.7 Å². The topological polar surface area (TPSA) is 352 Å². The van der Waals surface area contributed by atoms with Crippen molar-refractivity contribution in [3.8, 4) is 0 Å². The highest BCUT2D eigenvalue weighted by Gasteiger charge is 2.53. The lowest BCUT2D eigenvalue weighted by atomic mass is 9.76. The molecule has 2 saturated heterocycles. The third-order valence-corrected chi connectivity index (χ3v) is 8.99. The van der Waals surface area contributed by atoms with Gasteiger partial charge >= 0.3 is 0 Å². The maximum absolute atomic E-state index is 14.1. The minimum absolute atomic E-state index is 0.0537. The van der Waals surface area contributed by atoms with Crippen molar-refractivity contribution in [2.24, 2.45) is 28.9 Å². The first-order valence-electron chi connectivity index (χ1n) is 15.7. The minimum atomic E-state index is -3.98. The average Bonchev–Trinajstić information content (AvgIpc) is 3.04. The fraction of sp³-hybridized carbons (Fsp3) is 0.963. The van der Waals surface area contributed by atoms with Gasteiger partial charge in [0.15, 0.2) is 24.5 Å². The lowest BCUT2D eigenvalue weighted by Gasteiger charge is -2.49. The van der Waals surface area contributed by atoms with Crippen LogP contribution in [0.2, 0.25) is 0 Å². The van der Waals surface area contributed by atoms with Crippen molar-refractivity contribution in [1.29, 1.82) is 0 Å². The second kappa shape index (κ2) is 17.8. The summed E-state index contributed by atoms with van der Waals surface area (Å²) < 4.78 is 50.8. The highest BCUT2D eigenvalue weighted by atomic mass is 19.3. The molecule has 3 aliphatic rings. The first-order chi connectivity index (χ1) is 22.5. The van der Waals surface area contributed by atoms with E-state index >= 15 is 0 Å².